The SMILES string of the molecule is CC(C)P(=O)(NCC(=O)O)C(C)C. The molecule has 5 heteroatoms. The van der Waals surface area contributed by atoms with E-state index in [0.29, 0.717) is 0 Å². The first-order valence-corrected chi connectivity index (χ1v) is 6.21. The lowest BCUT2D eigenvalue weighted by molar-refractivity contribution is -0.135. The molecule has 0 aromatic carbocycles. The fraction of sp³-hybridized carbons (Fsp3) is 0.875. The monoisotopic (exact) mass is 207 g/mol. The van der Waals surface area contributed by atoms with Gasteiger partial charge in [-0.05, 0) is 0 Å². The normalized spacial score (nSPS) is 12.5. The van der Waals surface area contributed by atoms with Crippen molar-refractivity contribution >= 4 is 13.3 Å². The first-order valence-electron chi connectivity index (χ1n) is 4.37. The Balaban J connectivity index is 4.44. The molecule has 0 radical (unpaired) electrons. The van der Waals surface area contributed by atoms with Crippen LogP contribution in [0.15, 0.2) is 0 Å². The van der Waals surface area contributed by atoms with Crippen LogP contribution in [0.25, 0.3) is 0 Å². The van der Waals surface area contributed by atoms with Crippen molar-refractivity contribution < 1.29 is 14.5 Å². The molecule has 0 fully saturated rings. The van der Waals surface area contributed by atoms with Gasteiger partial charge in [-0.15, -0.1) is 0 Å². The Kier molecular flexibility index (Phi) is 4.65. The van der Waals surface area contributed by atoms with Crippen LogP contribution in [0.3, 0.4) is 0 Å². The van der Waals surface area contributed by atoms with Crippen molar-refractivity contribution in [2.75, 3.05) is 6.54 Å². The van der Waals surface area contributed by atoms with Gasteiger partial charge in [-0.1, -0.05) is 27.7 Å². The molecule has 0 unspecified atom stereocenters. The van der Waals surface area contributed by atoms with Crippen LogP contribution < -0.4 is 5.09 Å². The van der Waals surface area contributed by atoms with Crippen LogP contribution in [0, 0.1) is 0 Å². The van der Waals surface area contributed by atoms with Gasteiger partial charge in [0.1, 0.15) is 0 Å². The van der Waals surface area contributed by atoms with E-state index in [-0.39, 0.29) is 17.9 Å². The number of carbonyl (C=O) groups is 1. The fourth-order valence-electron chi connectivity index (χ4n) is 1.15. The number of nitrogens with one attached hydrogen (secondary N) is 1. The summed E-state index contributed by atoms with van der Waals surface area (Å²) in [7, 11) is -2.55. The van der Waals surface area contributed by atoms with Gasteiger partial charge in [0.15, 0.2) is 7.29 Å². The molecule has 0 bridgehead atoms. The van der Waals surface area contributed by atoms with E-state index < -0.39 is 13.3 Å². The highest BCUT2D eigenvalue weighted by Gasteiger charge is 2.30. The number of aliphatic carboxylic acids is 1. The van der Waals surface area contributed by atoms with Crippen LogP contribution in [0.4, 0.5) is 0 Å². The largest absolute Gasteiger partial charge is 0.480 e. The van der Waals surface area contributed by atoms with Gasteiger partial charge >= 0.3 is 5.97 Å². The van der Waals surface area contributed by atoms with Crippen LogP contribution in [0.2, 0.25) is 0 Å². The van der Waals surface area contributed by atoms with Gasteiger partial charge in [-0.25, -0.2) is 0 Å². The summed E-state index contributed by atoms with van der Waals surface area (Å²) in [6.45, 7) is 7.14. The molecule has 0 saturated heterocycles. The molecule has 0 heterocycles. The average Bonchev–Trinajstić information content (AvgIpc) is 1.99. The summed E-state index contributed by atoms with van der Waals surface area (Å²) in [6.07, 6.45) is 0. The molecule has 2 N–H and O–H groups in total. The lowest BCUT2D eigenvalue weighted by atomic mass is 10.5. The lowest BCUT2D eigenvalue weighted by Gasteiger charge is -2.26. The van der Waals surface area contributed by atoms with Crippen molar-refractivity contribution in [1.29, 1.82) is 0 Å². The van der Waals surface area contributed by atoms with Gasteiger partial charge in [-0.2, -0.15) is 0 Å². The molecule has 0 amide bonds. The number of hydrogen-bond donors (Lipinski definition) is 2. The Bertz CT molecular complexity index is 213. The van der Waals surface area contributed by atoms with Crippen molar-refractivity contribution in [2.45, 2.75) is 39.0 Å². The van der Waals surface area contributed by atoms with E-state index in [1.165, 1.54) is 0 Å². The third-order valence-electron chi connectivity index (χ3n) is 2.01. The van der Waals surface area contributed by atoms with Gasteiger partial charge in [0.2, 0.25) is 0 Å². The topological polar surface area (TPSA) is 66.4 Å². The molecule has 0 aromatic heterocycles. The minimum Gasteiger partial charge on any atom is -0.480 e. The van der Waals surface area contributed by atoms with E-state index in [0.717, 1.165) is 0 Å². The van der Waals surface area contributed by atoms with Crippen molar-refractivity contribution in [3.8, 4) is 0 Å². The maximum Gasteiger partial charge on any atom is 0.317 e. The molecule has 0 aliphatic rings. The summed E-state index contributed by atoms with van der Waals surface area (Å²) in [5, 5.41) is 11.1. The molecule has 0 atom stereocenters. The van der Waals surface area contributed by atoms with Gasteiger partial charge in [0, 0.05) is 11.3 Å². The first kappa shape index (κ1) is 12.7. The number of hydrogen-bond acceptors (Lipinski definition) is 2. The zero-order chi connectivity index (χ0) is 10.6. The van der Waals surface area contributed by atoms with Crippen LogP contribution in [-0.2, 0) is 9.36 Å². The highest BCUT2D eigenvalue weighted by atomic mass is 31.2. The second-order valence-electron chi connectivity index (χ2n) is 3.63. The summed E-state index contributed by atoms with van der Waals surface area (Å²) in [5.74, 6) is -0.971. The molecular weight excluding hydrogens is 189 g/mol. The van der Waals surface area contributed by atoms with Crippen molar-refractivity contribution in [3.05, 3.63) is 0 Å². The maximum atomic E-state index is 12.1. The van der Waals surface area contributed by atoms with Crippen molar-refractivity contribution in [1.82, 2.24) is 5.09 Å². The summed E-state index contributed by atoms with van der Waals surface area (Å²) in [6, 6.07) is 0. The van der Waals surface area contributed by atoms with Gasteiger partial charge < -0.3 is 9.67 Å². The average molecular weight is 207 g/mol. The Labute approximate surface area is 79.1 Å². The van der Waals surface area contributed by atoms with E-state index in [9.17, 15) is 9.36 Å². The first-order chi connectivity index (χ1) is 5.80. The molecule has 0 aliphatic heterocycles. The second-order valence-corrected chi connectivity index (χ2v) is 7.43. The molecule has 0 saturated carbocycles. The Morgan fingerprint density at radius 1 is 1.31 bits per heavy atom. The zero-order valence-corrected chi connectivity index (χ0v) is 9.47. The molecule has 0 spiro atoms. The molecular formula is C8H18NO3P. The zero-order valence-electron chi connectivity index (χ0n) is 8.57. The quantitative estimate of drug-likeness (QED) is 0.674. The van der Waals surface area contributed by atoms with Crippen LogP contribution in [0.5, 0.6) is 0 Å². The Morgan fingerprint density at radius 3 is 1.92 bits per heavy atom. The van der Waals surface area contributed by atoms with E-state index in [4.69, 9.17) is 5.11 Å². The molecule has 0 rings (SSSR count). The Morgan fingerprint density at radius 2 is 1.69 bits per heavy atom. The van der Waals surface area contributed by atoms with Gasteiger partial charge in [-0.3, -0.25) is 9.88 Å². The molecule has 0 aromatic rings. The van der Waals surface area contributed by atoms with E-state index in [1.54, 1.807) is 0 Å². The number of carboxylic acid groups (broad SMARTS) is 1. The van der Waals surface area contributed by atoms with Crippen molar-refractivity contribution in [2.24, 2.45) is 0 Å². The maximum absolute atomic E-state index is 12.1. The standard InChI is InChI=1S/C8H18NO3P/c1-6(2)13(12,7(3)4)9-5-8(10)11/h6-7H,5H2,1-4H3,(H,9,12)(H,10,11). The smallest absolute Gasteiger partial charge is 0.317 e. The summed E-state index contributed by atoms with van der Waals surface area (Å²) >= 11 is 0. The minimum atomic E-state index is -2.55. The predicted molar refractivity (Wildman–Crippen MR) is 53.5 cm³/mol. The summed E-state index contributed by atoms with van der Waals surface area (Å²) < 4.78 is 12.1. The number of carboxylic acids is 1. The second kappa shape index (κ2) is 4.77. The third kappa shape index (κ3) is 3.49. The highest BCUT2D eigenvalue weighted by molar-refractivity contribution is 7.63. The van der Waals surface area contributed by atoms with E-state index in [2.05, 4.69) is 5.09 Å². The van der Waals surface area contributed by atoms with Gasteiger partial charge in [0.05, 0.1) is 6.54 Å². The lowest BCUT2D eigenvalue weighted by Crippen LogP contribution is -2.27. The molecule has 4 nitrogen and oxygen atoms in total. The van der Waals surface area contributed by atoms with Gasteiger partial charge in [0.25, 0.3) is 0 Å². The third-order valence-corrected chi connectivity index (χ3v) is 5.73. The van der Waals surface area contributed by atoms with Crippen molar-refractivity contribution in [3.63, 3.8) is 0 Å². The molecule has 78 valence electrons. The number of rotatable bonds is 5. The van der Waals surface area contributed by atoms with E-state index in [1.807, 2.05) is 27.7 Å². The van der Waals surface area contributed by atoms with Crippen LogP contribution >= 0.6 is 7.29 Å². The highest BCUT2D eigenvalue weighted by Crippen LogP contribution is 2.50. The van der Waals surface area contributed by atoms with Crippen LogP contribution in [-0.4, -0.2) is 28.9 Å². The van der Waals surface area contributed by atoms with Crippen LogP contribution in [0.1, 0.15) is 27.7 Å². The predicted octanol–water partition coefficient (Wildman–Crippen LogP) is 1.76. The Hall–Kier alpha value is -0.340. The minimum absolute atomic E-state index is 0.0214. The summed E-state index contributed by atoms with van der Waals surface area (Å²) in [5.41, 5.74) is -0.0429. The molecule has 13 heavy (non-hydrogen) atoms. The fourth-order valence-corrected chi connectivity index (χ4v) is 3.46. The van der Waals surface area contributed by atoms with E-state index >= 15 is 0 Å². The summed E-state index contributed by atoms with van der Waals surface area (Å²) in [4.78, 5) is 10.3. The molecule has 0 aliphatic carbocycles.